The molecule has 31 heavy (non-hydrogen) atoms. The number of thiazole rings is 1. The van der Waals surface area contributed by atoms with E-state index in [1.807, 2.05) is 75.5 Å². The molecular formula is C24H24N2O3S2. The van der Waals surface area contributed by atoms with Crippen LogP contribution in [0, 0.1) is 12.8 Å². The Balaban J connectivity index is 1.86. The normalized spacial score (nSPS) is 16.4. The van der Waals surface area contributed by atoms with Crippen molar-refractivity contribution in [3.63, 3.8) is 0 Å². The summed E-state index contributed by atoms with van der Waals surface area (Å²) in [4.78, 5) is 32.6. The summed E-state index contributed by atoms with van der Waals surface area (Å²) < 4.78 is 7.76. The summed E-state index contributed by atoms with van der Waals surface area (Å²) in [6.07, 6.45) is 1.88. The maximum Gasteiger partial charge on any atom is 0.338 e. The molecule has 1 unspecified atom stereocenters. The van der Waals surface area contributed by atoms with Crippen molar-refractivity contribution in [1.82, 2.24) is 4.57 Å². The number of ether oxygens (including phenoxy) is 1. The minimum absolute atomic E-state index is 0.149. The lowest BCUT2D eigenvalue weighted by molar-refractivity contribution is -0.140. The van der Waals surface area contributed by atoms with Crippen molar-refractivity contribution < 1.29 is 9.53 Å². The number of aryl methyl sites for hydroxylation is 1. The van der Waals surface area contributed by atoms with Gasteiger partial charge in [-0.25, -0.2) is 9.79 Å². The van der Waals surface area contributed by atoms with Crippen LogP contribution in [0.2, 0.25) is 0 Å². The Morgan fingerprint density at radius 3 is 2.61 bits per heavy atom. The van der Waals surface area contributed by atoms with Gasteiger partial charge in [0.1, 0.15) is 6.04 Å². The molecule has 1 aromatic carbocycles. The van der Waals surface area contributed by atoms with Crippen molar-refractivity contribution >= 4 is 34.7 Å². The van der Waals surface area contributed by atoms with Crippen molar-refractivity contribution in [2.75, 3.05) is 6.61 Å². The van der Waals surface area contributed by atoms with Gasteiger partial charge in [-0.2, -0.15) is 0 Å². The Morgan fingerprint density at radius 1 is 1.23 bits per heavy atom. The van der Waals surface area contributed by atoms with E-state index < -0.39 is 12.0 Å². The maximum absolute atomic E-state index is 13.4. The van der Waals surface area contributed by atoms with Gasteiger partial charge in [-0.15, -0.1) is 11.3 Å². The van der Waals surface area contributed by atoms with Crippen LogP contribution >= 0.6 is 22.7 Å². The van der Waals surface area contributed by atoms with Crippen molar-refractivity contribution in [3.05, 3.63) is 88.7 Å². The molecule has 2 aromatic heterocycles. The third kappa shape index (κ3) is 4.34. The molecule has 0 aliphatic carbocycles. The lowest BCUT2D eigenvalue weighted by Crippen LogP contribution is -2.39. The Morgan fingerprint density at radius 2 is 1.97 bits per heavy atom. The molecular weight excluding hydrogens is 428 g/mol. The molecule has 4 rings (SSSR count). The summed E-state index contributed by atoms with van der Waals surface area (Å²) in [6, 6.07) is 11.4. The monoisotopic (exact) mass is 452 g/mol. The second kappa shape index (κ2) is 8.77. The number of carbonyl (C=O) groups is 1. The third-order valence-corrected chi connectivity index (χ3v) is 6.88. The highest BCUT2D eigenvalue weighted by Crippen LogP contribution is 2.33. The van der Waals surface area contributed by atoms with Crippen LogP contribution in [0.5, 0.6) is 0 Å². The van der Waals surface area contributed by atoms with Crippen LogP contribution in [0.15, 0.2) is 62.8 Å². The molecule has 0 amide bonds. The van der Waals surface area contributed by atoms with E-state index in [2.05, 4.69) is 4.99 Å². The van der Waals surface area contributed by atoms with Gasteiger partial charge >= 0.3 is 5.97 Å². The summed E-state index contributed by atoms with van der Waals surface area (Å²) in [6.45, 7) is 8.14. The third-order valence-electron chi connectivity index (χ3n) is 4.98. The summed E-state index contributed by atoms with van der Waals surface area (Å²) in [7, 11) is 0. The SMILES string of the molecule is CC1=C(C(=O)OCC(C)C)C(c2cccs2)n2c(sc(=Cc3ccc(C)cc3)c2=O)=N1. The number of nitrogens with zero attached hydrogens (tertiary/aromatic N) is 2. The molecule has 0 N–H and O–H groups in total. The molecule has 0 saturated heterocycles. The smallest absolute Gasteiger partial charge is 0.338 e. The second-order valence-electron chi connectivity index (χ2n) is 8.00. The van der Waals surface area contributed by atoms with Gasteiger partial charge in [-0.3, -0.25) is 9.36 Å². The highest BCUT2D eigenvalue weighted by Gasteiger charge is 2.34. The predicted octanol–water partition coefficient (Wildman–Crippen LogP) is 3.80. The molecule has 0 fully saturated rings. The number of hydrogen-bond donors (Lipinski definition) is 0. The number of thiophene rings is 1. The van der Waals surface area contributed by atoms with E-state index in [1.54, 1.807) is 4.57 Å². The van der Waals surface area contributed by atoms with Crippen LogP contribution < -0.4 is 14.9 Å². The topological polar surface area (TPSA) is 60.7 Å². The molecule has 7 heteroatoms. The predicted molar refractivity (Wildman–Crippen MR) is 125 cm³/mol. The fourth-order valence-corrected chi connectivity index (χ4v) is 5.30. The molecule has 1 aliphatic heterocycles. The molecule has 5 nitrogen and oxygen atoms in total. The standard InChI is InChI=1S/C24H24N2O3S2/c1-14(2)13-29-23(28)20-16(4)25-24-26(21(20)18-6-5-11-30-18)22(27)19(31-24)12-17-9-7-15(3)8-10-17/h5-12,14,21H,13H2,1-4H3. The average molecular weight is 453 g/mol. The number of allylic oxidation sites excluding steroid dienone is 1. The molecule has 3 aromatic rings. The Hall–Kier alpha value is -2.77. The fourth-order valence-electron chi connectivity index (χ4n) is 3.43. The van der Waals surface area contributed by atoms with Gasteiger partial charge in [0.25, 0.3) is 5.56 Å². The van der Waals surface area contributed by atoms with Crippen LogP contribution in [0.4, 0.5) is 0 Å². The largest absolute Gasteiger partial charge is 0.462 e. The zero-order valence-corrected chi connectivity index (χ0v) is 19.5. The first-order chi connectivity index (χ1) is 14.8. The molecule has 0 saturated carbocycles. The number of benzene rings is 1. The van der Waals surface area contributed by atoms with Gasteiger partial charge in [0.05, 0.1) is 22.4 Å². The number of esters is 1. The first-order valence-corrected chi connectivity index (χ1v) is 11.8. The van der Waals surface area contributed by atoms with E-state index in [0.29, 0.717) is 27.2 Å². The lowest BCUT2D eigenvalue weighted by atomic mass is 10.0. The highest BCUT2D eigenvalue weighted by atomic mass is 32.1. The number of rotatable bonds is 5. The minimum atomic E-state index is -0.531. The quantitative estimate of drug-likeness (QED) is 0.553. The lowest BCUT2D eigenvalue weighted by Gasteiger charge is -2.23. The molecule has 1 aliphatic rings. The number of fused-ring (bicyclic) bond motifs is 1. The van der Waals surface area contributed by atoms with E-state index in [0.717, 1.165) is 16.0 Å². The van der Waals surface area contributed by atoms with Crippen LogP contribution in [0.1, 0.15) is 42.8 Å². The Kier molecular flexibility index (Phi) is 6.07. The average Bonchev–Trinajstić information content (AvgIpc) is 3.36. The van der Waals surface area contributed by atoms with E-state index in [4.69, 9.17) is 4.74 Å². The highest BCUT2D eigenvalue weighted by molar-refractivity contribution is 7.10. The first kappa shape index (κ1) is 21.5. The van der Waals surface area contributed by atoms with Gasteiger partial charge in [0, 0.05) is 4.88 Å². The Bertz CT molecular complexity index is 1310. The first-order valence-electron chi connectivity index (χ1n) is 10.1. The number of carbonyl (C=O) groups excluding carboxylic acids is 1. The van der Waals surface area contributed by atoms with E-state index >= 15 is 0 Å². The van der Waals surface area contributed by atoms with Crippen LogP contribution in [0.3, 0.4) is 0 Å². The summed E-state index contributed by atoms with van der Waals surface area (Å²) >= 11 is 2.86. The van der Waals surface area contributed by atoms with Crippen molar-refractivity contribution in [3.8, 4) is 0 Å². The second-order valence-corrected chi connectivity index (χ2v) is 9.99. The van der Waals surface area contributed by atoms with E-state index in [1.165, 1.54) is 22.7 Å². The van der Waals surface area contributed by atoms with Crippen LogP contribution in [-0.2, 0) is 9.53 Å². The summed E-state index contributed by atoms with van der Waals surface area (Å²) in [5.74, 6) is -0.193. The maximum atomic E-state index is 13.4. The molecule has 0 radical (unpaired) electrons. The van der Waals surface area contributed by atoms with Crippen LogP contribution in [-0.4, -0.2) is 17.1 Å². The van der Waals surface area contributed by atoms with Gasteiger partial charge in [0.15, 0.2) is 4.80 Å². The number of hydrogen-bond acceptors (Lipinski definition) is 6. The van der Waals surface area contributed by atoms with Gasteiger partial charge in [-0.05, 0) is 42.9 Å². The summed E-state index contributed by atoms with van der Waals surface area (Å²) in [5.41, 5.74) is 2.99. The van der Waals surface area contributed by atoms with Gasteiger partial charge in [-0.1, -0.05) is 61.1 Å². The van der Waals surface area contributed by atoms with Gasteiger partial charge in [0.2, 0.25) is 0 Å². The molecule has 160 valence electrons. The molecule has 1 atom stereocenters. The zero-order valence-electron chi connectivity index (χ0n) is 17.9. The van der Waals surface area contributed by atoms with E-state index in [9.17, 15) is 9.59 Å². The Labute approximate surface area is 188 Å². The number of aromatic nitrogens is 1. The minimum Gasteiger partial charge on any atom is -0.462 e. The fraction of sp³-hybridized carbons (Fsp3) is 0.292. The van der Waals surface area contributed by atoms with E-state index in [-0.39, 0.29) is 11.5 Å². The molecule has 0 bridgehead atoms. The van der Waals surface area contributed by atoms with Crippen molar-refractivity contribution in [2.45, 2.75) is 33.7 Å². The van der Waals surface area contributed by atoms with Gasteiger partial charge < -0.3 is 4.74 Å². The zero-order chi connectivity index (χ0) is 22.1. The molecule has 3 heterocycles. The van der Waals surface area contributed by atoms with Crippen LogP contribution in [0.25, 0.3) is 6.08 Å². The molecule has 0 spiro atoms. The van der Waals surface area contributed by atoms with Crippen molar-refractivity contribution in [1.29, 1.82) is 0 Å². The van der Waals surface area contributed by atoms with Crippen molar-refractivity contribution in [2.24, 2.45) is 10.9 Å². The summed E-state index contributed by atoms with van der Waals surface area (Å²) in [5, 5.41) is 1.95.